The summed E-state index contributed by atoms with van der Waals surface area (Å²) in [4.78, 5) is 2.43. The first-order valence-corrected chi connectivity index (χ1v) is 8.42. The van der Waals surface area contributed by atoms with Crippen molar-refractivity contribution in [3.63, 3.8) is 0 Å². The smallest absolute Gasteiger partial charge is 0.142 e. The zero-order chi connectivity index (χ0) is 14.4. The van der Waals surface area contributed by atoms with Crippen LogP contribution in [0.4, 0.5) is 4.39 Å². The largest absolute Gasteiger partial charge is 0.314 e. The molecule has 0 aliphatic carbocycles. The quantitative estimate of drug-likeness (QED) is 0.782. The van der Waals surface area contributed by atoms with Crippen molar-refractivity contribution >= 4 is 15.9 Å². The van der Waals surface area contributed by atoms with Crippen LogP contribution in [0.25, 0.3) is 0 Å². The highest BCUT2D eigenvalue weighted by molar-refractivity contribution is 9.10. The minimum Gasteiger partial charge on any atom is -0.314 e. The van der Waals surface area contributed by atoms with Gasteiger partial charge >= 0.3 is 0 Å². The lowest BCUT2D eigenvalue weighted by Crippen LogP contribution is -2.45. The van der Waals surface area contributed by atoms with E-state index < -0.39 is 0 Å². The van der Waals surface area contributed by atoms with E-state index in [1.807, 2.05) is 12.1 Å². The summed E-state index contributed by atoms with van der Waals surface area (Å²) < 4.78 is 15.0. The Morgan fingerprint density at radius 2 is 2.05 bits per heavy atom. The zero-order valence-corrected chi connectivity index (χ0v) is 13.8. The van der Waals surface area contributed by atoms with E-state index in [2.05, 4.69) is 33.1 Å². The lowest BCUT2D eigenvalue weighted by molar-refractivity contribution is 0.159. The summed E-state index contributed by atoms with van der Waals surface area (Å²) in [5, 5.41) is 3.37. The number of unbranched alkanes of at least 4 members (excludes halogenated alkanes) is 2. The molecule has 1 N–H and O–H groups in total. The van der Waals surface area contributed by atoms with Crippen LogP contribution in [0.1, 0.15) is 44.2 Å². The Labute approximate surface area is 129 Å². The van der Waals surface area contributed by atoms with Gasteiger partial charge in [0.1, 0.15) is 5.82 Å². The van der Waals surface area contributed by atoms with Crippen LogP contribution < -0.4 is 5.32 Å². The normalized spacial score (nSPS) is 18.1. The van der Waals surface area contributed by atoms with Gasteiger partial charge in [-0.05, 0) is 28.4 Å². The van der Waals surface area contributed by atoms with Crippen molar-refractivity contribution in [1.29, 1.82) is 0 Å². The summed E-state index contributed by atoms with van der Waals surface area (Å²) >= 11 is 3.31. The van der Waals surface area contributed by atoms with Crippen LogP contribution in [0.2, 0.25) is 0 Å². The highest BCUT2D eigenvalue weighted by atomic mass is 79.9. The molecular formula is C16H24BrFN2. The molecule has 0 aromatic heterocycles. The summed E-state index contributed by atoms with van der Waals surface area (Å²) in [5.41, 5.74) is 0.845. The lowest BCUT2D eigenvalue weighted by atomic mass is 9.97. The van der Waals surface area contributed by atoms with Gasteiger partial charge < -0.3 is 5.32 Å². The van der Waals surface area contributed by atoms with E-state index in [1.54, 1.807) is 6.07 Å². The van der Waals surface area contributed by atoms with E-state index in [9.17, 15) is 4.39 Å². The van der Waals surface area contributed by atoms with Gasteiger partial charge in [-0.15, -0.1) is 0 Å². The van der Waals surface area contributed by atoms with E-state index in [1.165, 1.54) is 12.8 Å². The van der Waals surface area contributed by atoms with Crippen molar-refractivity contribution in [3.8, 4) is 0 Å². The molecule has 4 heteroatoms. The summed E-state index contributed by atoms with van der Waals surface area (Å²) in [7, 11) is 0. The highest BCUT2D eigenvalue weighted by Crippen LogP contribution is 2.31. The van der Waals surface area contributed by atoms with Gasteiger partial charge in [-0.2, -0.15) is 0 Å². The van der Waals surface area contributed by atoms with Crippen LogP contribution in [0.5, 0.6) is 0 Å². The van der Waals surface area contributed by atoms with E-state index in [4.69, 9.17) is 0 Å². The summed E-state index contributed by atoms with van der Waals surface area (Å²) in [6, 6.07) is 5.87. The first-order chi connectivity index (χ1) is 9.74. The minimum atomic E-state index is -0.0902. The van der Waals surface area contributed by atoms with Crippen LogP contribution in [-0.2, 0) is 0 Å². The molecule has 0 bridgehead atoms. The Balaban J connectivity index is 2.17. The van der Waals surface area contributed by atoms with Crippen molar-refractivity contribution in [3.05, 3.63) is 34.1 Å². The van der Waals surface area contributed by atoms with Gasteiger partial charge in [0.25, 0.3) is 0 Å². The van der Waals surface area contributed by atoms with Crippen molar-refractivity contribution in [2.75, 3.05) is 26.2 Å². The standard InChI is InChI=1S/C16H24BrFN2/c1-2-3-4-8-15(20-11-9-19-10-12-20)13-6-5-7-14(17)16(13)18/h5-7,15,19H,2-4,8-12H2,1H3/t15-/m1/s1. The van der Waals surface area contributed by atoms with Crippen LogP contribution >= 0.6 is 15.9 Å². The molecule has 1 saturated heterocycles. The second-order valence-corrected chi connectivity index (χ2v) is 6.29. The highest BCUT2D eigenvalue weighted by Gasteiger charge is 2.24. The van der Waals surface area contributed by atoms with Gasteiger partial charge in [-0.1, -0.05) is 38.3 Å². The number of nitrogens with zero attached hydrogens (tertiary/aromatic N) is 1. The van der Waals surface area contributed by atoms with Crippen molar-refractivity contribution < 1.29 is 4.39 Å². The average Bonchev–Trinajstić information content (AvgIpc) is 2.48. The van der Waals surface area contributed by atoms with Gasteiger partial charge in [0.2, 0.25) is 0 Å². The SMILES string of the molecule is CCCCC[C@H](c1cccc(Br)c1F)N1CCNCC1. The third-order valence-electron chi connectivity index (χ3n) is 4.01. The molecule has 2 rings (SSSR count). The molecule has 1 heterocycles. The van der Waals surface area contributed by atoms with Gasteiger partial charge in [-0.3, -0.25) is 4.90 Å². The van der Waals surface area contributed by atoms with Crippen molar-refractivity contribution in [2.24, 2.45) is 0 Å². The summed E-state index contributed by atoms with van der Waals surface area (Å²) in [5.74, 6) is -0.0902. The molecule has 1 aliphatic heterocycles. The topological polar surface area (TPSA) is 15.3 Å². The van der Waals surface area contributed by atoms with E-state index >= 15 is 0 Å². The van der Waals surface area contributed by atoms with E-state index in [0.29, 0.717) is 4.47 Å². The molecule has 112 valence electrons. The maximum Gasteiger partial charge on any atom is 0.142 e. The number of benzene rings is 1. The number of hydrogen-bond acceptors (Lipinski definition) is 2. The number of piperazine rings is 1. The summed E-state index contributed by atoms with van der Waals surface area (Å²) in [6.07, 6.45) is 4.63. The van der Waals surface area contributed by atoms with Crippen LogP contribution in [0, 0.1) is 5.82 Å². The average molecular weight is 343 g/mol. The minimum absolute atomic E-state index is 0.0902. The number of halogens is 2. The molecular weight excluding hydrogens is 319 g/mol. The Morgan fingerprint density at radius 1 is 1.30 bits per heavy atom. The zero-order valence-electron chi connectivity index (χ0n) is 12.2. The fraction of sp³-hybridized carbons (Fsp3) is 0.625. The number of nitrogens with one attached hydrogen (secondary N) is 1. The molecule has 1 aromatic carbocycles. The molecule has 20 heavy (non-hydrogen) atoms. The maximum atomic E-state index is 14.4. The Hall–Kier alpha value is -0.450. The van der Waals surface area contributed by atoms with Crippen molar-refractivity contribution in [2.45, 2.75) is 38.6 Å². The van der Waals surface area contributed by atoms with Gasteiger partial charge in [0.05, 0.1) is 4.47 Å². The molecule has 0 radical (unpaired) electrons. The second kappa shape index (κ2) is 8.11. The summed E-state index contributed by atoms with van der Waals surface area (Å²) in [6.45, 7) is 6.21. The predicted octanol–water partition coefficient (Wildman–Crippen LogP) is 4.11. The van der Waals surface area contributed by atoms with Gasteiger partial charge in [-0.25, -0.2) is 4.39 Å². The Kier molecular flexibility index (Phi) is 6.46. The molecule has 1 atom stereocenters. The van der Waals surface area contributed by atoms with Crippen molar-refractivity contribution in [1.82, 2.24) is 10.2 Å². The number of rotatable bonds is 6. The molecule has 1 fully saturated rings. The fourth-order valence-electron chi connectivity index (χ4n) is 2.89. The third-order valence-corrected chi connectivity index (χ3v) is 4.63. The van der Waals surface area contributed by atoms with Crippen LogP contribution in [0.15, 0.2) is 22.7 Å². The van der Waals surface area contributed by atoms with E-state index in [-0.39, 0.29) is 11.9 Å². The lowest BCUT2D eigenvalue weighted by Gasteiger charge is -2.35. The third kappa shape index (κ3) is 4.03. The maximum absolute atomic E-state index is 14.4. The molecule has 0 amide bonds. The second-order valence-electron chi connectivity index (χ2n) is 5.44. The molecule has 0 saturated carbocycles. The van der Waals surface area contributed by atoms with E-state index in [0.717, 1.165) is 44.6 Å². The monoisotopic (exact) mass is 342 g/mol. The van der Waals surface area contributed by atoms with Gasteiger partial charge in [0.15, 0.2) is 0 Å². The van der Waals surface area contributed by atoms with Crippen LogP contribution in [0.3, 0.4) is 0 Å². The number of hydrogen-bond donors (Lipinski definition) is 1. The molecule has 1 aliphatic rings. The van der Waals surface area contributed by atoms with Gasteiger partial charge in [0, 0.05) is 37.8 Å². The Morgan fingerprint density at radius 3 is 2.75 bits per heavy atom. The van der Waals surface area contributed by atoms with Crippen LogP contribution in [-0.4, -0.2) is 31.1 Å². The predicted molar refractivity (Wildman–Crippen MR) is 85.4 cm³/mol. The first kappa shape index (κ1) is 15.9. The Bertz CT molecular complexity index is 419. The first-order valence-electron chi connectivity index (χ1n) is 7.62. The molecule has 1 aromatic rings. The molecule has 0 unspecified atom stereocenters. The molecule has 0 spiro atoms. The fourth-order valence-corrected chi connectivity index (χ4v) is 3.28. The molecule has 2 nitrogen and oxygen atoms in total.